The summed E-state index contributed by atoms with van der Waals surface area (Å²) in [5.74, 6) is 0.215. The van der Waals surface area contributed by atoms with Crippen molar-refractivity contribution in [3.8, 4) is 0 Å². The summed E-state index contributed by atoms with van der Waals surface area (Å²) in [7, 11) is 0. The second-order valence-corrected chi connectivity index (χ2v) is 7.13. The van der Waals surface area contributed by atoms with Crippen LogP contribution in [0.5, 0.6) is 0 Å². The van der Waals surface area contributed by atoms with Crippen molar-refractivity contribution in [1.29, 1.82) is 0 Å². The second-order valence-electron chi connectivity index (χ2n) is 7.13. The van der Waals surface area contributed by atoms with E-state index in [4.69, 9.17) is 0 Å². The third kappa shape index (κ3) is 5.08. The fourth-order valence-electron chi connectivity index (χ4n) is 3.05. The number of piperidine rings is 1. The highest BCUT2D eigenvalue weighted by Crippen LogP contribution is 2.26. The van der Waals surface area contributed by atoms with E-state index in [9.17, 15) is 4.39 Å². The van der Waals surface area contributed by atoms with Gasteiger partial charge in [0.1, 0.15) is 6.17 Å². The molecule has 1 aliphatic heterocycles. The van der Waals surface area contributed by atoms with E-state index in [0.717, 1.165) is 32.5 Å². The van der Waals surface area contributed by atoms with Gasteiger partial charge in [0.15, 0.2) is 0 Å². The highest BCUT2D eigenvalue weighted by Gasteiger charge is 2.30. The first-order valence-electron chi connectivity index (χ1n) is 8.10. The first-order chi connectivity index (χ1) is 9.97. The van der Waals surface area contributed by atoms with Crippen molar-refractivity contribution in [2.45, 2.75) is 51.9 Å². The van der Waals surface area contributed by atoms with E-state index < -0.39 is 6.17 Å². The van der Waals surface area contributed by atoms with Crippen molar-refractivity contribution >= 4 is 0 Å². The number of nitrogens with zero attached hydrogens (tertiary/aromatic N) is 1. The van der Waals surface area contributed by atoms with Crippen LogP contribution in [-0.4, -0.2) is 36.2 Å². The summed E-state index contributed by atoms with van der Waals surface area (Å²) in [6.07, 6.45) is 1.23. The van der Waals surface area contributed by atoms with Crippen molar-refractivity contribution in [2.24, 2.45) is 5.92 Å². The van der Waals surface area contributed by atoms with Crippen LogP contribution in [0.1, 0.15) is 39.2 Å². The predicted octanol–water partition coefficient (Wildman–Crippen LogP) is 3.62. The quantitative estimate of drug-likeness (QED) is 0.891. The van der Waals surface area contributed by atoms with E-state index in [2.05, 4.69) is 43.1 Å². The largest absolute Gasteiger partial charge is 0.310 e. The summed E-state index contributed by atoms with van der Waals surface area (Å²) >= 11 is 0. The molecular formula is C18H29FN2. The standard InChI is InChI=1S/C18H29FN2/c1-18(2,3)21-11-9-16(10-12-21)17(19)14-20-13-15-7-5-4-6-8-15/h4-8,16-17,20H,9-14H2,1-3H3/t17-/m1/s1. The number of hydrogen-bond donors (Lipinski definition) is 1. The van der Waals surface area contributed by atoms with Crippen LogP contribution >= 0.6 is 0 Å². The van der Waals surface area contributed by atoms with Gasteiger partial charge in [0.25, 0.3) is 0 Å². The molecule has 0 bridgehead atoms. The van der Waals surface area contributed by atoms with Gasteiger partial charge in [-0.3, -0.25) is 4.90 Å². The third-order valence-electron chi connectivity index (χ3n) is 4.51. The Bertz CT molecular complexity index is 405. The molecule has 0 unspecified atom stereocenters. The molecule has 0 spiro atoms. The maximum Gasteiger partial charge on any atom is 0.115 e. The van der Waals surface area contributed by atoms with E-state index in [0.29, 0.717) is 6.54 Å². The van der Waals surface area contributed by atoms with Gasteiger partial charge in [-0.05, 0) is 58.2 Å². The number of alkyl halides is 1. The number of rotatable bonds is 5. The molecule has 1 aliphatic rings. The third-order valence-corrected chi connectivity index (χ3v) is 4.51. The molecule has 0 aromatic heterocycles. The Morgan fingerprint density at radius 3 is 2.38 bits per heavy atom. The van der Waals surface area contributed by atoms with Gasteiger partial charge in [-0.25, -0.2) is 4.39 Å². The molecule has 1 heterocycles. The molecular weight excluding hydrogens is 263 g/mol. The lowest BCUT2D eigenvalue weighted by atomic mass is 9.89. The van der Waals surface area contributed by atoms with Crippen molar-refractivity contribution in [3.63, 3.8) is 0 Å². The van der Waals surface area contributed by atoms with Gasteiger partial charge in [-0.1, -0.05) is 30.3 Å². The van der Waals surface area contributed by atoms with E-state index in [1.165, 1.54) is 5.56 Å². The Labute approximate surface area is 128 Å². The van der Waals surface area contributed by atoms with Crippen molar-refractivity contribution in [3.05, 3.63) is 35.9 Å². The van der Waals surface area contributed by atoms with E-state index in [1.807, 2.05) is 18.2 Å². The number of benzene rings is 1. The van der Waals surface area contributed by atoms with Gasteiger partial charge in [0.2, 0.25) is 0 Å². The van der Waals surface area contributed by atoms with E-state index in [1.54, 1.807) is 0 Å². The monoisotopic (exact) mass is 292 g/mol. The van der Waals surface area contributed by atoms with Crippen LogP contribution in [0.2, 0.25) is 0 Å². The Balaban J connectivity index is 1.69. The van der Waals surface area contributed by atoms with Crippen molar-refractivity contribution in [1.82, 2.24) is 10.2 Å². The molecule has 118 valence electrons. The number of halogens is 1. The fourth-order valence-corrected chi connectivity index (χ4v) is 3.05. The van der Waals surface area contributed by atoms with Crippen molar-refractivity contribution < 1.29 is 4.39 Å². The van der Waals surface area contributed by atoms with Gasteiger partial charge in [-0.2, -0.15) is 0 Å². The maximum absolute atomic E-state index is 14.3. The normalized spacial score (nSPS) is 19.6. The molecule has 21 heavy (non-hydrogen) atoms. The average molecular weight is 292 g/mol. The highest BCUT2D eigenvalue weighted by molar-refractivity contribution is 5.14. The first-order valence-corrected chi connectivity index (χ1v) is 8.10. The predicted molar refractivity (Wildman–Crippen MR) is 87.1 cm³/mol. The summed E-state index contributed by atoms with van der Waals surface area (Å²) in [6.45, 7) is 9.97. The van der Waals surface area contributed by atoms with Crippen LogP contribution in [-0.2, 0) is 6.54 Å². The average Bonchev–Trinajstić information content (AvgIpc) is 2.47. The molecule has 1 atom stereocenters. The van der Waals surface area contributed by atoms with Crippen LogP contribution in [0.15, 0.2) is 30.3 Å². The second kappa shape index (κ2) is 7.37. The van der Waals surface area contributed by atoms with Crippen LogP contribution in [0, 0.1) is 5.92 Å². The lowest BCUT2D eigenvalue weighted by Crippen LogP contribution is -2.48. The molecule has 1 aromatic carbocycles. The molecule has 0 saturated carbocycles. The summed E-state index contributed by atoms with van der Waals surface area (Å²) in [5, 5.41) is 3.25. The fraction of sp³-hybridized carbons (Fsp3) is 0.667. The zero-order chi connectivity index (χ0) is 15.3. The number of nitrogens with one attached hydrogen (secondary N) is 1. The van der Waals surface area contributed by atoms with Gasteiger partial charge >= 0.3 is 0 Å². The minimum Gasteiger partial charge on any atom is -0.310 e. The minimum absolute atomic E-state index is 0.211. The SMILES string of the molecule is CC(C)(C)N1CCC([C@H](F)CNCc2ccccc2)CC1. The molecule has 1 N–H and O–H groups in total. The molecule has 1 aromatic rings. The Hall–Kier alpha value is -0.930. The van der Waals surface area contributed by atoms with Crippen LogP contribution in [0.25, 0.3) is 0 Å². The van der Waals surface area contributed by atoms with Gasteiger partial charge < -0.3 is 5.32 Å². The molecule has 2 nitrogen and oxygen atoms in total. The molecule has 1 fully saturated rings. The number of hydrogen-bond acceptors (Lipinski definition) is 2. The van der Waals surface area contributed by atoms with Gasteiger partial charge in [0.05, 0.1) is 0 Å². The molecule has 2 rings (SSSR count). The molecule has 0 radical (unpaired) electrons. The summed E-state index contributed by atoms with van der Waals surface area (Å²) < 4.78 is 14.3. The molecule has 0 amide bonds. The van der Waals surface area contributed by atoms with E-state index in [-0.39, 0.29) is 11.5 Å². The van der Waals surface area contributed by atoms with E-state index >= 15 is 0 Å². The number of likely N-dealkylation sites (tertiary alicyclic amines) is 1. The summed E-state index contributed by atoms with van der Waals surface area (Å²) in [4.78, 5) is 2.47. The summed E-state index contributed by atoms with van der Waals surface area (Å²) in [5.41, 5.74) is 1.43. The van der Waals surface area contributed by atoms with Crippen molar-refractivity contribution in [2.75, 3.05) is 19.6 Å². The first kappa shape index (κ1) is 16.4. The lowest BCUT2D eigenvalue weighted by Gasteiger charge is -2.41. The Kier molecular flexibility index (Phi) is 5.77. The topological polar surface area (TPSA) is 15.3 Å². The zero-order valence-corrected chi connectivity index (χ0v) is 13.6. The molecule has 3 heteroatoms. The molecule has 0 aliphatic carbocycles. The summed E-state index contributed by atoms with van der Waals surface area (Å²) in [6, 6.07) is 10.2. The maximum atomic E-state index is 14.3. The lowest BCUT2D eigenvalue weighted by molar-refractivity contribution is 0.0601. The molecule has 1 saturated heterocycles. The van der Waals surface area contributed by atoms with Gasteiger partial charge in [0, 0.05) is 18.6 Å². The highest BCUT2D eigenvalue weighted by atomic mass is 19.1. The Morgan fingerprint density at radius 2 is 1.81 bits per heavy atom. The smallest absolute Gasteiger partial charge is 0.115 e. The Morgan fingerprint density at radius 1 is 1.19 bits per heavy atom. The minimum atomic E-state index is -0.726. The van der Waals surface area contributed by atoms with Gasteiger partial charge in [-0.15, -0.1) is 0 Å². The zero-order valence-electron chi connectivity index (χ0n) is 13.6. The van der Waals surface area contributed by atoms with Crippen LogP contribution in [0.4, 0.5) is 4.39 Å². The van der Waals surface area contributed by atoms with Crippen LogP contribution < -0.4 is 5.32 Å². The van der Waals surface area contributed by atoms with Crippen LogP contribution in [0.3, 0.4) is 0 Å².